The Morgan fingerprint density at radius 2 is 1.95 bits per heavy atom. The minimum atomic E-state index is -3.63. The van der Waals surface area contributed by atoms with E-state index < -0.39 is 10.0 Å². The largest absolute Gasteiger partial charge is 0.497 e. The van der Waals surface area contributed by atoms with Gasteiger partial charge in [-0.15, -0.1) is 11.3 Å². The van der Waals surface area contributed by atoms with Gasteiger partial charge in [0.05, 0.1) is 12.0 Å². The van der Waals surface area contributed by atoms with Crippen molar-refractivity contribution in [2.45, 2.75) is 11.3 Å². The van der Waals surface area contributed by atoms with Gasteiger partial charge in [0.15, 0.2) is 0 Å². The van der Waals surface area contributed by atoms with Gasteiger partial charge in [-0.25, -0.2) is 12.4 Å². The summed E-state index contributed by atoms with van der Waals surface area (Å²) in [6.45, 7) is 0.484. The molecule has 3 aromatic rings. The maximum absolute atomic E-state index is 12.9. The van der Waals surface area contributed by atoms with Crippen LogP contribution in [-0.2, 0) is 16.4 Å². The van der Waals surface area contributed by atoms with Gasteiger partial charge in [-0.3, -0.25) is 0 Å². The number of aromatic nitrogens is 1. The van der Waals surface area contributed by atoms with E-state index in [0.717, 1.165) is 15.8 Å². The highest BCUT2D eigenvalue weighted by Gasteiger charge is 2.21. The molecule has 0 amide bonds. The van der Waals surface area contributed by atoms with E-state index in [1.165, 1.54) is 15.3 Å². The second-order valence-corrected chi connectivity index (χ2v) is 7.52. The van der Waals surface area contributed by atoms with Crippen LogP contribution in [0.4, 0.5) is 0 Å². The molecule has 22 heavy (non-hydrogen) atoms. The summed E-state index contributed by atoms with van der Waals surface area (Å²) in [6, 6.07) is 8.32. The van der Waals surface area contributed by atoms with Gasteiger partial charge in [-0.05, 0) is 54.2 Å². The lowest BCUT2D eigenvalue weighted by Crippen LogP contribution is -2.11. The Hall–Kier alpha value is -1.83. The predicted molar refractivity (Wildman–Crippen MR) is 88.2 cm³/mol. The summed E-state index contributed by atoms with van der Waals surface area (Å²) in [6.07, 6.45) is 2.33. The Morgan fingerprint density at radius 3 is 2.59 bits per heavy atom. The van der Waals surface area contributed by atoms with Crippen LogP contribution in [0, 0.1) is 0 Å². The summed E-state index contributed by atoms with van der Waals surface area (Å²) < 4.78 is 32.1. The first-order valence-electron chi connectivity index (χ1n) is 6.75. The highest BCUT2D eigenvalue weighted by molar-refractivity contribution is 7.90. The Bertz CT molecular complexity index is 893. The lowest BCUT2D eigenvalue weighted by Gasteiger charge is -2.07. The Kier molecular flexibility index (Phi) is 3.94. The van der Waals surface area contributed by atoms with Crippen molar-refractivity contribution in [3.05, 3.63) is 47.5 Å². The summed E-state index contributed by atoms with van der Waals surface area (Å²) in [5.41, 5.74) is 6.57. The van der Waals surface area contributed by atoms with E-state index in [1.807, 2.05) is 11.4 Å². The number of nitrogens with two attached hydrogens (primary N) is 1. The van der Waals surface area contributed by atoms with Crippen molar-refractivity contribution in [3.8, 4) is 5.75 Å². The summed E-state index contributed by atoms with van der Waals surface area (Å²) in [5, 5.41) is 2.84. The maximum Gasteiger partial charge on any atom is 0.268 e. The molecule has 0 aliphatic rings. The van der Waals surface area contributed by atoms with Crippen molar-refractivity contribution in [1.29, 1.82) is 0 Å². The Labute approximate surface area is 133 Å². The summed E-state index contributed by atoms with van der Waals surface area (Å²) >= 11 is 1.41. The third-order valence-corrected chi connectivity index (χ3v) is 6.20. The van der Waals surface area contributed by atoms with Crippen molar-refractivity contribution in [2.24, 2.45) is 5.73 Å². The van der Waals surface area contributed by atoms with Gasteiger partial charge in [0.1, 0.15) is 10.6 Å². The van der Waals surface area contributed by atoms with Gasteiger partial charge >= 0.3 is 0 Å². The number of benzene rings is 1. The first kappa shape index (κ1) is 15.1. The highest BCUT2D eigenvalue weighted by Crippen LogP contribution is 2.30. The molecule has 116 valence electrons. The summed E-state index contributed by atoms with van der Waals surface area (Å²) in [7, 11) is -2.08. The molecule has 0 fully saturated rings. The molecule has 2 heterocycles. The first-order chi connectivity index (χ1) is 10.6. The van der Waals surface area contributed by atoms with Crippen molar-refractivity contribution >= 4 is 31.6 Å². The lowest BCUT2D eigenvalue weighted by molar-refractivity contribution is 0.414. The molecule has 3 rings (SSSR count). The van der Waals surface area contributed by atoms with Crippen LogP contribution in [0.1, 0.15) is 5.56 Å². The molecule has 2 N–H and O–H groups in total. The molecule has 0 spiro atoms. The second kappa shape index (κ2) is 5.75. The van der Waals surface area contributed by atoms with Gasteiger partial charge in [0.25, 0.3) is 10.0 Å². The third-order valence-electron chi connectivity index (χ3n) is 3.49. The Balaban J connectivity index is 2.14. The number of rotatable bonds is 5. The first-order valence-corrected chi connectivity index (χ1v) is 9.07. The molecule has 1 aromatic carbocycles. The Morgan fingerprint density at radius 1 is 1.23 bits per heavy atom. The van der Waals surface area contributed by atoms with E-state index in [9.17, 15) is 8.42 Å². The number of nitrogens with zero attached hydrogens (tertiary/aromatic N) is 1. The van der Waals surface area contributed by atoms with Crippen LogP contribution < -0.4 is 10.5 Å². The van der Waals surface area contributed by atoms with Gasteiger partial charge in [-0.1, -0.05) is 0 Å². The molecule has 0 atom stereocenters. The van der Waals surface area contributed by atoms with Crippen molar-refractivity contribution in [2.75, 3.05) is 13.7 Å². The molecule has 0 radical (unpaired) electrons. The van der Waals surface area contributed by atoms with Crippen LogP contribution in [0.2, 0.25) is 0 Å². The molecule has 7 heteroatoms. The minimum absolute atomic E-state index is 0.234. The van der Waals surface area contributed by atoms with Crippen LogP contribution in [0.15, 0.2) is 46.8 Å². The highest BCUT2D eigenvalue weighted by atomic mass is 32.2. The molecule has 0 aliphatic heterocycles. The molecule has 0 aliphatic carbocycles. The number of hydrogen-bond acceptors (Lipinski definition) is 5. The van der Waals surface area contributed by atoms with Crippen molar-refractivity contribution < 1.29 is 13.2 Å². The quantitative estimate of drug-likeness (QED) is 0.776. The number of methoxy groups -OCH3 is 1. The van der Waals surface area contributed by atoms with Gasteiger partial charge in [0.2, 0.25) is 0 Å². The zero-order valence-electron chi connectivity index (χ0n) is 12.0. The summed E-state index contributed by atoms with van der Waals surface area (Å²) in [4.78, 5) is 0.956. The van der Waals surface area contributed by atoms with Crippen molar-refractivity contribution in [3.63, 3.8) is 0 Å². The van der Waals surface area contributed by atoms with Crippen LogP contribution in [-0.4, -0.2) is 26.0 Å². The fourth-order valence-electron chi connectivity index (χ4n) is 2.38. The van der Waals surface area contributed by atoms with E-state index >= 15 is 0 Å². The van der Waals surface area contributed by atoms with Gasteiger partial charge in [0, 0.05) is 11.6 Å². The van der Waals surface area contributed by atoms with E-state index in [4.69, 9.17) is 10.5 Å². The van der Waals surface area contributed by atoms with Crippen molar-refractivity contribution in [1.82, 2.24) is 3.97 Å². The van der Waals surface area contributed by atoms with E-state index in [-0.39, 0.29) is 4.90 Å². The molecular weight excluding hydrogens is 320 g/mol. The molecule has 0 saturated heterocycles. The van der Waals surface area contributed by atoms with Crippen LogP contribution in [0.5, 0.6) is 5.75 Å². The standard InChI is InChI=1S/C15H16N2O3S2/c1-20-12-2-4-13(5-3-12)22(18,19)17-10-11(6-8-16)14-7-9-21-15(14)17/h2-5,7,9-10H,6,8,16H2,1H3. The van der Waals surface area contributed by atoms with E-state index in [2.05, 4.69) is 0 Å². The van der Waals surface area contributed by atoms with E-state index in [0.29, 0.717) is 18.7 Å². The second-order valence-electron chi connectivity index (χ2n) is 4.81. The number of ether oxygens (including phenoxy) is 1. The van der Waals surface area contributed by atoms with Crippen LogP contribution >= 0.6 is 11.3 Å². The number of thiophene rings is 1. The molecular formula is C15H16N2O3S2. The molecule has 0 unspecified atom stereocenters. The number of hydrogen-bond donors (Lipinski definition) is 1. The topological polar surface area (TPSA) is 74.3 Å². The third kappa shape index (κ3) is 2.41. The van der Waals surface area contributed by atoms with Crippen LogP contribution in [0.3, 0.4) is 0 Å². The van der Waals surface area contributed by atoms with Gasteiger partial charge < -0.3 is 10.5 Å². The normalized spacial score (nSPS) is 11.9. The zero-order chi connectivity index (χ0) is 15.7. The monoisotopic (exact) mass is 336 g/mol. The molecule has 0 saturated carbocycles. The zero-order valence-corrected chi connectivity index (χ0v) is 13.7. The average molecular weight is 336 g/mol. The summed E-state index contributed by atoms with van der Waals surface area (Å²) in [5.74, 6) is 0.622. The minimum Gasteiger partial charge on any atom is -0.497 e. The smallest absolute Gasteiger partial charge is 0.268 e. The molecule has 2 aromatic heterocycles. The van der Waals surface area contributed by atoms with E-state index in [1.54, 1.807) is 37.6 Å². The fourth-order valence-corrected chi connectivity index (χ4v) is 4.91. The maximum atomic E-state index is 12.9. The predicted octanol–water partition coefficient (Wildman–Crippen LogP) is 2.45. The van der Waals surface area contributed by atoms with Gasteiger partial charge in [-0.2, -0.15) is 0 Å². The molecule has 0 bridgehead atoms. The molecule has 5 nitrogen and oxygen atoms in total. The van der Waals surface area contributed by atoms with Crippen LogP contribution in [0.25, 0.3) is 10.2 Å². The lowest BCUT2D eigenvalue weighted by atomic mass is 10.2. The average Bonchev–Trinajstić information content (AvgIpc) is 3.11. The SMILES string of the molecule is COc1ccc(S(=O)(=O)n2cc(CCN)c3ccsc32)cc1. The fraction of sp³-hybridized carbons (Fsp3) is 0.200. The number of fused-ring (bicyclic) bond motifs is 1.